The number of pyridine rings is 1. The van der Waals surface area contributed by atoms with Crippen LogP contribution in [-0.2, 0) is 17.4 Å². The third-order valence-corrected chi connectivity index (χ3v) is 5.73. The Kier molecular flexibility index (Phi) is 7.19. The molecule has 2 aromatic heterocycles. The smallest absolute Gasteiger partial charge is 0.297 e. The van der Waals surface area contributed by atoms with Gasteiger partial charge < -0.3 is 0 Å². The number of halogens is 5. The summed E-state index contributed by atoms with van der Waals surface area (Å²) in [5, 5.41) is 6.79. The first-order valence-corrected chi connectivity index (χ1v) is 10.3. The third kappa shape index (κ3) is 6.43. The van der Waals surface area contributed by atoms with E-state index >= 15 is 0 Å². The Bertz CT molecular complexity index is 1120. The van der Waals surface area contributed by atoms with Crippen LogP contribution in [0.5, 0.6) is 0 Å². The number of rotatable bonds is 5. The predicted molar refractivity (Wildman–Crippen MR) is 115 cm³/mol. The summed E-state index contributed by atoms with van der Waals surface area (Å²) in [5.41, 5.74) is 0.386. The van der Waals surface area contributed by atoms with Gasteiger partial charge in [0.05, 0.1) is 26.9 Å². The van der Waals surface area contributed by atoms with Gasteiger partial charge in [0, 0.05) is 28.2 Å². The Morgan fingerprint density at radius 3 is 2.55 bits per heavy atom. The number of alkyl halides is 3. The average Bonchev–Trinajstić information content (AvgIpc) is 3.17. The summed E-state index contributed by atoms with van der Waals surface area (Å²) >= 11 is 13.1. The van der Waals surface area contributed by atoms with Crippen molar-refractivity contribution in [2.45, 2.75) is 19.5 Å². The lowest BCUT2D eigenvalue weighted by Gasteiger charge is -2.08. The topological polar surface area (TPSA) is 63.6 Å². The van der Waals surface area contributed by atoms with E-state index in [1.54, 1.807) is 43.3 Å². The second-order valence-corrected chi connectivity index (χ2v) is 8.29. The fourth-order valence-electron chi connectivity index (χ4n) is 2.41. The SMILES string of the molecule is C/C(=N\OC(=O)Nc1ccc(Cl)cc1)c1ccc(Cc2ncc(C(F)(F)F)cc2Cl)s1. The zero-order valence-corrected chi connectivity index (χ0v) is 18.2. The zero-order valence-electron chi connectivity index (χ0n) is 15.8. The number of thiophene rings is 1. The number of anilines is 1. The lowest BCUT2D eigenvalue weighted by atomic mass is 10.2. The highest BCUT2D eigenvalue weighted by Gasteiger charge is 2.31. The van der Waals surface area contributed by atoms with Gasteiger partial charge in [0.1, 0.15) is 0 Å². The largest absolute Gasteiger partial charge is 0.437 e. The molecule has 0 unspecified atom stereocenters. The van der Waals surface area contributed by atoms with E-state index in [-0.39, 0.29) is 11.4 Å². The number of carbonyl (C=O) groups is 1. The van der Waals surface area contributed by atoms with Crippen molar-refractivity contribution < 1.29 is 22.8 Å². The van der Waals surface area contributed by atoms with Gasteiger partial charge in [0.25, 0.3) is 0 Å². The summed E-state index contributed by atoms with van der Waals surface area (Å²) in [4.78, 5) is 22.1. The number of amides is 1. The molecular weight excluding hydrogens is 474 g/mol. The van der Waals surface area contributed by atoms with Crippen LogP contribution in [0.15, 0.2) is 53.8 Å². The monoisotopic (exact) mass is 487 g/mol. The molecule has 0 bridgehead atoms. The minimum absolute atomic E-state index is 0.0580. The van der Waals surface area contributed by atoms with Crippen LogP contribution in [0.1, 0.15) is 27.9 Å². The highest BCUT2D eigenvalue weighted by molar-refractivity contribution is 7.14. The average molecular weight is 488 g/mol. The van der Waals surface area contributed by atoms with Gasteiger partial charge in [-0.05, 0) is 49.4 Å². The maximum Gasteiger partial charge on any atom is 0.437 e. The lowest BCUT2D eigenvalue weighted by Crippen LogP contribution is -2.11. The quantitative estimate of drug-likeness (QED) is 0.238. The van der Waals surface area contributed by atoms with E-state index in [0.29, 0.717) is 22.1 Å². The van der Waals surface area contributed by atoms with Crippen LogP contribution in [0.2, 0.25) is 10.0 Å². The van der Waals surface area contributed by atoms with E-state index in [4.69, 9.17) is 28.0 Å². The first-order chi connectivity index (χ1) is 14.6. The molecular formula is C20H14Cl2F3N3O2S. The number of nitrogens with one attached hydrogen (secondary N) is 1. The van der Waals surface area contributed by atoms with Crippen LogP contribution in [-0.4, -0.2) is 16.8 Å². The number of carbonyl (C=O) groups excluding carboxylic acids is 1. The molecule has 11 heteroatoms. The maximum atomic E-state index is 12.7. The summed E-state index contributed by atoms with van der Waals surface area (Å²) in [7, 11) is 0. The van der Waals surface area contributed by atoms with E-state index in [0.717, 1.165) is 22.0 Å². The van der Waals surface area contributed by atoms with E-state index in [1.165, 1.54) is 11.3 Å². The molecule has 0 radical (unpaired) electrons. The number of hydrogen-bond donors (Lipinski definition) is 1. The fraction of sp³-hybridized carbons (Fsp3) is 0.150. The second-order valence-electron chi connectivity index (χ2n) is 6.28. The highest BCUT2D eigenvalue weighted by atomic mass is 35.5. The molecule has 3 aromatic rings. The summed E-state index contributed by atoms with van der Waals surface area (Å²) in [6.07, 6.45) is -4.25. The predicted octanol–water partition coefficient (Wildman–Crippen LogP) is 7.03. The summed E-state index contributed by atoms with van der Waals surface area (Å²) in [6.45, 7) is 1.66. The van der Waals surface area contributed by atoms with Crippen molar-refractivity contribution in [1.29, 1.82) is 0 Å². The molecule has 5 nitrogen and oxygen atoms in total. The third-order valence-electron chi connectivity index (χ3n) is 3.96. The van der Waals surface area contributed by atoms with Crippen molar-refractivity contribution in [3.8, 4) is 0 Å². The number of aromatic nitrogens is 1. The molecule has 0 fully saturated rings. The van der Waals surface area contributed by atoms with Gasteiger partial charge in [-0.1, -0.05) is 28.4 Å². The number of benzene rings is 1. The molecule has 0 spiro atoms. The van der Waals surface area contributed by atoms with Crippen molar-refractivity contribution in [2.24, 2.45) is 5.16 Å². The van der Waals surface area contributed by atoms with Crippen LogP contribution in [0.4, 0.5) is 23.7 Å². The standard InChI is InChI=1S/C20H14Cl2F3N3O2S/c1-11(28-30-19(29)27-14-4-2-13(21)3-5-14)18-7-6-15(31-18)9-17-16(22)8-12(10-26-17)20(23,24)25/h2-8,10H,9H2,1H3,(H,27,29)/b28-11+. The van der Waals surface area contributed by atoms with Gasteiger partial charge in [0.2, 0.25) is 0 Å². The van der Waals surface area contributed by atoms with Crippen molar-refractivity contribution in [3.63, 3.8) is 0 Å². The van der Waals surface area contributed by atoms with Crippen LogP contribution in [0.3, 0.4) is 0 Å². The van der Waals surface area contributed by atoms with Crippen LogP contribution >= 0.6 is 34.5 Å². The molecule has 2 heterocycles. The molecule has 0 aliphatic carbocycles. The van der Waals surface area contributed by atoms with E-state index in [9.17, 15) is 18.0 Å². The van der Waals surface area contributed by atoms with Gasteiger partial charge in [0.15, 0.2) is 0 Å². The number of hydrogen-bond acceptors (Lipinski definition) is 5. The maximum absolute atomic E-state index is 12.7. The number of nitrogens with zero attached hydrogens (tertiary/aromatic N) is 2. The van der Waals surface area contributed by atoms with E-state index < -0.39 is 17.8 Å². The fourth-order valence-corrected chi connectivity index (χ4v) is 3.72. The summed E-state index contributed by atoms with van der Waals surface area (Å²) in [6, 6.07) is 10.9. The minimum Gasteiger partial charge on any atom is -0.297 e. The van der Waals surface area contributed by atoms with Crippen molar-refractivity contribution in [2.75, 3.05) is 5.32 Å². The normalized spacial score (nSPS) is 12.0. The van der Waals surface area contributed by atoms with Crippen LogP contribution in [0, 0.1) is 0 Å². The number of oxime groups is 1. The molecule has 31 heavy (non-hydrogen) atoms. The molecule has 0 atom stereocenters. The molecule has 1 amide bonds. The van der Waals surface area contributed by atoms with Crippen molar-refractivity contribution in [1.82, 2.24) is 4.98 Å². The first-order valence-electron chi connectivity index (χ1n) is 8.70. The van der Waals surface area contributed by atoms with Gasteiger partial charge in [-0.15, -0.1) is 11.3 Å². The second kappa shape index (κ2) is 9.67. The van der Waals surface area contributed by atoms with Gasteiger partial charge in [-0.2, -0.15) is 13.2 Å². The Morgan fingerprint density at radius 2 is 1.90 bits per heavy atom. The van der Waals surface area contributed by atoms with Gasteiger partial charge >= 0.3 is 12.3 Å². The molecule has 1 N–H and O–H groups in total. The van der Waals surface area contributed by atoms with Crippen LogP contribution in [0.25, 0.3) is 0 Å². The first kappa shape index (κ1) is 23.1. The Labute approximate surface area is 189 Å². The van der Waals surface area contributed by atoms with Gasteiger partial charge in [-0.3, -0.25) is 15.1 Å². The highest BCUT2D eigenvalue weighted by Crippen LogP contribution is 2.32. The molecule has 0 aliphatic rings. The summed E-state index contributed by atoms with van der Waals surface area (Å²) in [5.74, 6) is 0. The van der Waals surface area contributed by atoms with Crippen molar-refractivity contribution >= 4 is 52.0 Å². The zero-order chi connectivity index (χ0) is 22.6. The van der Waals surface area contributed by atoms with Gasteiger partial charge in [-0.25, -0.2) is 4.79 Å². The minimum atomic E-state index is -4.50. The summed E-state index contributed by atoms with van der Waals surface area (Å²) < 4.78 is 38.2. The van der Waals surface area contributed by atoms with Crippen molar-refractivity contribution in [3.05, 3.63) is 79.7 Å². The van der Waals surface area contributed by atoms with E-state index in [2.05, 4.69) is 15.5 Å². The Hall–Kier alpha value is -2.62. The molecule has 0 saturated carbocycles. The lowest BCUT2D eigenvalue weighted by molar-refractivity contribution is -0.137. The molecule has 3 rings (SSSR count). The molecule has 0 aliphatic heterocycles. The van der Waals surface area contributed by atoms with Crippen LogP contribution < -0.4 is 5.32 Å². The molecule has 0 saturated heterocycles. The van der Waals surface area contributed by atoms with E-state index in [1.807, 2.05) is 0 Å². The Balaban J connectivity index is 1.62. The molecule has 162 valence electrons. The Morgan fingerprint density at radius 1 is 1.19 bits per heavy atom. The molecule has 1 aromatic carbocycles.